The van der Waals surface area contributed by atoms with E-state index in [1.54, 1.807) is 0 Å². The second-order valence-electron chi connectivity index (χ2n) is 9.77. The van der Waals surface area contributed by atoms with Crippen LogP contribution in [0.1, 0.15) is 70.0 Å². The number of ether oxygens (including phenoxy) is 1. The molecule has 1 aliphatic rings. The molecule has 1 aromatic heterocycles. The van der Waals surface area contributed by atoms with Crippen molar-refractivity contribution in [1.29, 1.82) is 0 Å². The molecule has 1 aliphatic heterocycles. The molecule has 3 rings (SSSR count). The number of benzene rings is 1. The molecule has 1 saturated heterocycles. The molecule has 1 N–H and O–H groups in total. The first-order valence-electron chi connectivity index (χ1n) is 10.2. The Hall–Kier alpha value is -1.91. The van der Waals surface area contributed by atoms with Gasteiger partial charge in [-0.15, -0.1) is 0 Å². The Morgan fingerprint density at radius 2 is 1.54 bits per heavy atom. The molecule has 2 aromatic rings. The number of phenols is 1. The zero-order valence-electron chi connectivity index (χ0n) is 18.1. The summed E-state index contributed by atoms with van der Waals surface area (Å²) < 4.78 is 5.59. The average molecular weight is 383 g/mol. The molecular formula is C24H34N2O2. The summed E-state index contributed by atoms with van der Waals surface area (Å²) in [5, 5.41) is 11.1. The molecule has 1 atom stereocenters. The molecular weight excluding hydrogens is 348 g/mol. The first-order chi connectivity index (χ1) is 13.1. The van der Waals surface area contributed by atoms with E-state index >= 15 is 0 Å². The molecule has 0 bridgehead atoms. The van der Waals surface area contributed by atoms with E-state index in [1.165, 1.54) is 5.56 Å². The van der Waals surface area contributed by atoms with E-state index in [-0.39, 0.29) is 16.9 Å². The van der Waals surface area contributed by atoms with Gasteiger partial charge in [0.1, 0.15) is 5.75 Å². The molecule has 2 heterocycles. The summed E-state index contributed by atoms with van der Waals surface area (Å²) >= 11 is 0. The summed E-state index contributed by atoms with van der Waals surface area (Å²) in [5.41, 5.74) is 3.90. The van der Waals surface area contributed by atoms with Gasteiger partial charge in [-0.3, -0.25) is 9.88 Å². The number of rotatable bonds is 3. The van der Waals surface area contributed by atoms with E-state index in [0.717, 1.165) is 43.1 Å². The molecule has 0 radical (unpaired) electrons. The predicted molar refractivity (Wildman–Crippen MR) is 114 cm³/mol. The smallest absolute Gasteiger partial charge is 0.123 e. The summed E-state index contributed by atoms with van der Waals surface area (Å²) in [5.74, 6) is 0.422. The van der Waals surface area contributed by atoms with Gasteiger partial charge in [0.25, 0.3) is 0 Å². The van der Waals surface area contributed by atoms with Crippen LogP contribution in [0.5, 0.6) is 5.75 Å². The van der Waals surface area contributed by atoms with E-state index in [9.17, 15) is 5.11 Å². The molecule has 4 nitrogen and oxygen atoms in total. The van der Waals surface area contributed by atoms with Crippen LogP contribution in [0.3, 0.4) is 0 Å². The Kier molecular flexibility index (Phi) is 5.83. The van der Waals surface area contributed by atoms with Gasteiger partial charge < -0.3 is 9.84 Å². The van der Waals surface area contributed by atoms with Crippen LogP contribution < -0.4 is 0 Å². The number of pyridine rings is 1. The Labute approximate surface area is 169 Å². The third kappa shape index (κ3) is 4.39. The Morgan fingerprint density at radius 3 is 2.00 bits per heavy atom. The minimum atomic E-state index is -0.153. The minimum absolute atomic E-state index is 0.0490. The Morgan fingerprint density at radius 1 is 0.964 bits per heavy atom. The fourth-order valence-electron chi connectivity index (χ4n) is 3.90. The average Bonchev–Trinajstić information content (AvgIpc) is 2.63. The highest BCUT2D eigenvalue weighted by Gasteiger charge is 2.31. The van der Waals surface area contributed by atoms with E-state index in [2.05, 4.69) is 64.6 Å². The Balaban J connectivity index is 2.21. The van der Waals surface area contributed by atoms with E-state index in [4.69, 9.17) is 9.72 Å². The number of hydrogen-bond donors (Lipinski definition) is 1. The van der Waals surface area contributed by atoms with Gasteiger partial charge in [-0.05, 0) is 51.8 Å². The highest BCUT2D eigenvalue weighted by atomic mass is 16.5. The third-order valence-electron chi connectivity index (χ3n) is 5.44. The molecule has 0 saturated carbocycles. The van der Waals surface area contributed by atoms with Crippen molar-refractivity contribution in [2.75, 3.05) is 26.3 Å². The third-order valence-corrected chi connectivity index (χ3v) is 5.44. The number of nitrogens with zero attached hydrogens (tertiary/aromatic N) is 2. The van der Waals surface area contributed by atoms with Crippen LogP contribution in [-0.4, -0.2) is 41.3 Å². The van der Waals surface area contributed by atoms with E-state index in [0.29, 0.717) is 5.75 Å². The van der Waals surface area contributed by atoms with Crippen molar-refractivity contribution in [2.24, 2.45) is 0 Å². The van der Waals surface area contributed by atoms with Crippen molar-refractivity contribution in [2.45, 2.75) is 58.4 Å². The Bertz CT molecular complexity index is 763. The zero-order chi connectivity index (χ0) is 20.5. The van der Waals surface area contributed by atoms with Crippen LogP contribution in [-0.2, 0) is 15.6 Å². The number of phenolic OH excluding ortho intramolecular Hbond substituents is 1. The van der Waals surface area contributed by atoms with Crippen molar-refractivity contribution in [3.8, 4) is 5.75 Å². The highest BCUT2D eigenvalue weighted by molar-refractivity contribution is 5.51. The number of hydrogen-bond acceptors (Lipinski definition) is 4. The lowest BCUT2D eigenvalue weighted by Gasteiger charge is -2.36. The lowest BCUT2D eigenvalue weighted by molar-refractivity contribution is 0.0232. The lowest BCUT2D eigenvalue weighted by atomic mass is 9.77. The minimum Gasteiger partial charge on any atom is -0.507 e. The van der Waals surface area contributed by atoms with Crippen LogP contribution in [0, 0.1) is 0 Å². The number of aromatic hydroxyl groups is 1. The van der Waals surface area contributed by atoms with Crippen LogP contribution in [0.4, 0.5) is 0 Å². The predicted octanol–water partition coefficient (Wildman–Crippen LogP) is 4.80. The molecule has 1 aromatic carbocycles. The van der Waals surface area contributed by atoms with Crippen LogP contribution in [0.15, 0.2) is 36.5 Å². The van der Waals surface area contributed by atoms with Crippen molar-refractivity contribution in [3.05, 3.63) is 58.9 Å². The molecule has 4 heteroatoms. The summed E-state index contributed by atoms with van der Waals surface area (Å²) in [6, 6.07) is 10.5. The van der Waals surface area contributed by atoms with Gasteiger partial charge in [0, 0.05) is 19.3 Å². The molecule has 1 fully saturated rings. The zero-order valence-corrected chi connectivity index (χ0v) is 18.1. The standard InChI is InChI=1S/C24H34N2O2/c1-23(2,3)18-15-17(16-19(22(18)27)24(4,5)6)21(20-9-7-8-10-25-20)26-11-13-28-14-12-26/h7-10,15-16,21,27H,11-14H2,1-6H3. The van der Waals surface area contributed by atoms with Gasteiger partial charge in [0.05, 0.1) is 24.9 Å². The maximum absolute atomic E-state index is 11.1. The van der Waals surface area contributed by atoms with E-state index < -0.39 is 0 Å². The number of aromatic nitrogens is 1. The van der Waals surface area contributed by atoms with Crippen LogP contribution >= 0.6 is 0 Å². The molecule has 0 aliphatic carbocycles. The molecule has 1 unspecified atom stereocenters. The fourth-order valence-corrected chi connectivity index (χ4v) is 3.90. The second-order valence-corrected chi connectivity index (χ2v) is 9.77. The van der Waals surface area contributed by atoms with Gasteiger partial charge in [0.2, 0.25) is 0 Å². The lowest BCUT2D eigenvalue weighted by Crippen LogP contribution is -2.40. The van der Waals surface area contributed by atoms with E-state index in [1.807, 2.05) is 18.3 Å². The first kappa shape index (κ1) is 20.8. The quantitative estimate of drug-likeness (QED) is 0.828. The largest absolute Gasteiger partial charge is 0.507 e. The fraction of sp³-hybridized carbons (Fsp3) is 0.542. The highest BCUT2D eigenvalue weighted by Crippen LogP contribution is 2.42. The van der Waals surface area contributed by atoms with Crippen molar-refractivity contribution >= 4 is 0 Å². The summed E-state index contributed by atoms with van der Waals surface area (Å²) in [7, 11) is 0. The van der Waals surface area contributed by atoms with Gasteiger partial charge >= 0.3 is 0 Å². The van der Waals surface area contributed by atoms with Crippen LogP contribution in [0.25, 0.3) is 0 Å². The molecule has 0 amide bonds. The maximum Gasteiger partial charge on any atom is 0.123 e. The molecule has 0 spiro atoms. The topological polar surface area (TPSA) is 45.6 Å². The van der Waals surface area contributed by atoms with Crippen molar-refractivity contribution < 1.29 is 9.84 Å². The summed E-state index contributed by atoms with van der Waals surface area (Å²) in [6.07, 6.45) is 1.86. The molecule has 28 heavy (non-hydrogen) atoms. The van der Waals surface area contributed by atoms with Gasteiger partial charge in [-0.2, -0.15) is 0 Å². The SMILES string of the molecule is CC(C)(C)c1cc(C(c2ccccn2)N2CCOCC2)cc(C(C)(C)C)c1O. The maximum atomic E-state index is 11.1. The normalized spacial score (nSPS) is 17.5. The number of morpholine rings is 1. The van der Waals surface area contributed by atoms with Gasteiger partial charge in [0.15, 0.2) is 0 Å². The van der Waals surface area contributed by atoms with Gasteiger partial charge in [-0.1, -0.05) is 47.6 Å². The molecule has 152 valence electrons. The van der Waals surface area contributed by atoms with Gasteiger partial charge in [-0.25, -0.2) is 0 Å². The monoisotopic (exact) mass is 382 g/mol. The van der Waals surface area contributed by atoms with Crippen molar-refractivity contribution in [1.82, 2.24) is 9.88 Å². The second kappa shape index (κ2) is 7.84. The van der Waals surface area contributed by atoms with Crippen molar-refractivity contribution in [3.63, 3.8) is 0 Å². The summed E-state index contributed by atoms with van der Waals surface area (Å²) in [4.78, 5) is 7.13. The van der Waals surface area contributed by atoms with Crippen LogP contribution in [0.2, 0.25) is 0 Å². The summed E-state index contributed by atoms with van der Waals surface area (Å²) in [6.45, 7) is 16.2. The first-order valence-corrected chi connectivity index (χ1v) is 10.2.